The number of rotatable bonds is 12. The highest BCUT2D eigenvalue weighted by Gasteiger charge is 2.13. The summed E-state index contributed by atoms with van der Waals surface area (Å²) in [4.78, 5) is 12.7. The molecule has 0 bridgehead atoms. The smallest absolute Gasteiger partial charge is 0.203 e. The van der Waals surface area contributed by atoms with Gasteiger partial charge in [0.1, 0.15) is 0 Å². The molecule has 3 rings (SSSR count). The van der Waals surface area contributed by atoms with Crippen LogP contribution in [0.25, 0.3) is 12.2 Å². The van der Waals surface area contributed by atoms with Gasteiger partial charge in [-0.1, -0.05) is 23.8 Å². The normalized spacial score (nSPS) is 10.9. The van der Waals surface area contributed by atoms with Gasteiger partial charge in [0.2, 0.25) is 5.75 Å². The molecule has 0 radical (unpaired) electrons. The minimum Gasteiger partial charge on any atom is -0.493 e. The number of hydrogen-bond donors (Lipinski definition) is 1. The molecule has 3 aromatic carbocycles. The van der Waals surface area contributed by atoms with E-state index in [9.17, 15) is 4.79 Å². The number of hydrogen-bond acceptors (Lipinski definition) is 8. The molecule has 8 nitrogen and oxygen atoms in total. The van der Waals surface area contributed by atoms with E-state index in [2.05, 4.69) is 5.32 Å². The van der Waals surface area contributed by atoms with Crippen molar-refractivity contribution in [1.82, 2.24) is 0 Å². The van der Waals surface area contributed by atoms with E-state index in [-0.39, 0.29) is 5.78 Å². The van der Waals surface area contributed by atoms with Crippen LogP contribution >= 0.6 is 11.6 Å². The Morgan fingerprint density at radius 3 is 1.82 bits per heavy atom. The maximum absolute atomic E-state index is 12.7. The Morgan fingerprint density at radius 1 is 0.684 bits per heavy atom. The zero-order chi connectivity index (χ0) is 27.7. The fourth-order valence-corrected chi connectivity index (χ4v) is 4.01. The third-order valence-corrected chi connectivity index (χ3v) is 5.85. The molecule has 0 aliphatic carbocycles. The lowest BCUT2D eigenvalue weighted by Gasteiger charge is -2.13. The Kier molecular flexibility index (Phi) is 9.90. The lowest BCUT2D eigenvalue weighted by atomic mass is 10.1. The van der Waals surface area contributed by atoms with Crippen LogP contribution in [0.15, 0.2) is 54.7 Å². The predicted molar refractivity (Wildman–Crippen MR) is 150 cm³/mol. The molecular formula is C29H30ClNO7. The molecule has 0 saturated heterocycles. The van der Waals surface area contributed by atoms with Gasteiger partial charge in [-0.25, -0.2) is 0 Å². The first kappa shape index (κ1) is 28.3. The zero-order valence-corrected chi connectivity index (χ0v) is 22.8. The number of nitrogens with one attached hydrogen (secondary N) is 1. The van der Waals surface area contributed by atoms with E-state index in [0.29, 0.717) is 50.8 Å². The molecular weight excluding hydrogens is 510 g/mol. The summed E-state index contributed by atoms with van der Waals surface area (Å²) in [5.74, 6) is 2.85. The molecule has 38 heavy (non-hydrogen) atoms. The molecule has 0 unspecified atom stereocenters. The maximum Gasteiger partial charge on any atom is 0.203 e. The number of ketones is 1. The Morgan fingerprint density at radius 2 is 1.26 bits per heavy atom. The van der Waals surface area contributed by atoms with Gasteiger partial charge in [-0.2, -0.15) is 0 Å². The van der Waals surface area contributed by atoms with E-state index in [1.807, 2.05) is 30.4 Å². The van der Waals surface area contributed by atoms with Crippen molar-refractivity contribution in [2.75, 3.05) is 48.0 Å². The van der Waals surface area contributed by atoms with Gasteiger partial charge in [-0.3, -0.25) is 4.79 Å². The first-order valence-corrected chi connectivity index (χ1v) is 11.8. The average molecular weight is 540 g/mol. The van der Waals surface area contributed by atoms with E-state index in [0.717, 1.165) is 11.1 Å². The van der Waals surface area contributed by atoms with Crippen LogP contribution in [0.2, 0.25) is 5.02 Å². The fraction of sp³-hybridized carbons (Fsp3) is 0.207. The second-order valence-electron chi connectivity index (χ2n) is 7.79. The standard InChI is InChI=1S/C29H30ClNO7/c1-33-24-10-9-20(17-25(24)34-2)23(32)11-12-31-22-14-18(13-21(30)28(22)37-5)7-8-19-15-26(35-3)29(38-6)27(16-19)36-4/h7-17,31H,1-6H3/b8-7-,12-11-. The summed E-state index contributed by atoms with van der Waals surface area (Å²) in [5.41, 5.74) is 2.67. The van der Waals surface area contributed by atoms with Crippen LogP contribution in [0.3, 0.4) is 0 Å². The summed E-state index contributed by atoms with van der Waals surface area (Å²) in [7, 11) is 9.26. The molecule has 3 aromatic rings. The Bertz CT molecular complexity index is 1330. The largest absolute Gasteiger partial charge is 0.493 e. The van der Waals surface area contributed by atoms with Crippen molar-refractivity contribution in [2.24, 2.45) is 0 Å². The van der Waals surface area contributed by atoms with E-state index in [4.69, 9.17) is 40.0 Å². The van der Waals surface area contributed by atoms with E-state index < -0.39 is 0 Å². The van der Waals surface area contributed by atoms with Crippen molar-refractivity contribution in [3.8, 4) is 34.5 Å². The molecule has 0 saturated carbocycles. The third-order valence-electron chi connectivity index (χ3n) is 5.57. The SMILES string of the molecule is COc1ccc(C(=O)/C=C\Nc2cc(/C=C\c3cc(OC)c(OC)c(OC)c3)cc(Cl)c2OC)cc1OC. The molecule has 0 aromatic heterocycles. The summed E-state index contributed by atoms with van der Waals surface area (Å²) in [6.45, 7) is 0. The van der Waals surface area contributed by atoms with Crippen molar-refractivity contribution in [3.63, 3.8) is 0 Å². The van der Waals surface area contributed by atoms with E-state index >= 15 is 0 Å². The number of carbonyl (C=O) groups is 1. The number of methoxy groups -OCH3 is 6. The molecule has 0 aliphatic rings. The molecule has 1 N–H and O–H groups in total. The summed E-state index contributed by atoms with van der Waals surface area (Å²) in [5, 5.41) is 3.49. The Labute approximate surface area is 227 Å². The number of ether oxygens (including phenoxy) is 6. The van der Waals surface area contributed by atoms with Gasteiger partial charge in [0, 0.05) is 17.8 Å². The average Bonchev–Trinajstić information content (AvgIpc) is 2.94. The molecule has 0 atom stereocenters. The van der Waals surface area contributed by atoms with Gasteiger partial charge in [0.05, 0.1) is 53.4 Å². The van der Waals surface area contributed by atoms with E-state index in [1.54, 1.807) is 45.6 Å². The fourth-order valence-electron chi connectivity index (χ4n) is 3.71. The summed E-state index contributed by atoms with van der Waals surface area (Å²) >= 11 is 6.48. The number of carbonyl (C=O) groups excluding carboxylic acids is 1. The third kappa shape index (κ3) is 6.52. The van der Waals surface area contributed by atoms with Gasteiger partial charge < -0.3 is 33.7 Å². The highest BCUT2D eigenvalue weighted by atomic mass is 35.5. The molecule has 0 aliphatic heterocycles. The maximum atomic E-state index is 12.7. The van der Waals surface area contributed by atoms with Gasteiger partial charge in [-0.05, 0) is 53.6 Å². The molecule has 0 heterocycles. The lowest BCUT2D eigenvalue weighted by Crippen LogP contribution is -1.99. The second kappa shape index (κ2) is 13.3. The molecule has 9 heteroatoms. The van der Waals surface area contributed by atoms with Crippen molar-refractivity contribution >= 4 is 35.2 Å². The summed E-state index contributed by atoms with van der Waals surface area (Å²) in [6.07, 6.45) is 6.71. The molecule has 0 amide bonds. The summed E-state index contributed by atoms with van der Waals surface area (Å²) < 4.78 is 32.2. The van der Waals surface area contributed by atoms with Crippen molar-refractivity contribution in [2.45, 2.75) is 0 Å². The molecule has 0 fully saturated rings. The van der Waals surface area contributed by atoms with Gasteiger partial charge >= 0.3 is 0 Å². The minimum atomic E-state index is -0.220. The number of anilines is 1. The zero-order valence-electron chi connectivity index (χ0n) is 22.1. The highest BCUT2D eigenvalue weighted by Crippen LogP contribution is 2.39. The van der Waals surface area contributed by atoms with Gasteiger partial charge in [-0.15, -0.1) is 0 Å². The van der Waals surface area contributed by atoms with Gasteiger partial charge in [0.15, 0.2) is 34.5 Å². The first-order valence-electron chi connectivity index (χ1n) is 11.4. The van der Waals surface area contributed by atoms with Gasteiger partial charge in [0.25, 0.3) is 0 Å². The highest BCUT2D eigenvalue weighted by molar-refractivity contribution is 6.32. The van der Waals surface area contributed by atoms with E-state index in [1.165, 1.54) is 33.6 Å². The number of benzene rings is 3. The van der Waals surface area contributed by atoms with Crippen LogP contribution in [0, 0.1) is 0 Å². The van der Waals surface area contributed by atoms with Crippen LogP contribution in [-0.2, 0) is 0 Å². The minimum absolute atomic E-state index is 0.220. The topological polar surface area (TPSA) is 84.5 Å². The van der Waals surface area contributed by atoms with Crippen LogP contribution in [0.1, 0.15) is 21.5 Å². The van der Waals surface area contributed by atoms with Crippen LogP contribution < -0.4 is 33.7 Å². The molecule has 200 valence electrons. The monoisotopic (exact) mass is 539 g/mol. The van der Waals surface area contributed by atoms with Crippen molar-refractivity contribution < 1.29 is 33.2 Å². The molecule has 0 spiro atoms. The second-order valence-corrected chi connectivity index (χ2v) is 8.19. The lowest BCUT2D eigenvalue weighted by molar-refractivity contribution is 0.104. The van der Waals surface area contributed by atoms with Crippen LogP contribution in [-0.4, -0.2) is 48.4 Å². The Hall–Kier alpha value is -4.30. The first-order chi connectivity index (χ1) is 18.4. The van der Waals surface area contributed by atoms with Crippen molar-refractivity contribution in [3.05, 3.63) is 76.5 Å². The quantitative estimate of drug-likeness (QED) is 0.161. The van der Waals surface area contributed by atoms with Crippen molar-refractivity contribution in [1.29, 1.82) is 0 Å². The predicted octanol–water partition coefficient (Wildman–Crippen LogP) is 6.37. The van der Waals surface area contributed by atoms with Crippen LogP contribution in [0.4, 0.5) is 5.69 Å². The number of allylic oxidation sites excluding steroid dienone is 1. The van der Waals surface area contributed by atoms with Crippen LogP contribution in [0.5, 0.6) is 34.5 Å². The summed E-state index contributed by atoms with van der Waals surface area (Å²) in [6, 6.07) is 12.3. The Balaban J connectivity index is 1.84. The number of halogens is 1.